The van der Waals surface area contributed by atoms with Crippen molar-refractivity contribution < 1.29 is 9.90 Å². The number of aliphatic hydroxyl groups is 1. The highest BCUT2D eigenvalue weighted by molar-refractivity contribution is 5.86. The summed E-state index contributed by atoms with van der Waals surface area (Å²) in [4.78, 5) is 14.2. The summed E-state index contributed by atoms with van der Waals surface area (Å²) >= 11 is 0. The van der Waals surface area contributed by atoms with Gasteiger partial charge in [-0.15, -0.1) is 0 Å². The average Bonchev–Trinajstić information content (AvgIpc) is 2.78. The largest absolute Gasteiger partial charge is 0.388 e. The van der Waals surface area contributed by atoms with Crippen molar-refractivity contribution in [2.45, 2.75) is 37.8 Å². The Balaban J connectivity index is 1.70. The lowest BCUT2D eigenvalue weighted by atomic mass is 9.97. The molecule has 1 aromatic carbocycles. The van der Waals surface area contributed by atoms with Crippen LogP contribution in [0.1, 0.15) is 25.3 Å². The van der Waals surface area contributed by atoms with E-state index in [9.17, 15) is 9.90 Å². The van der Waals surface area contributed by atoms with Crippen molar-refractivity contribution in [1.82, 2.24) is 4.90 Å². The molecule has 1 aromatic rings. The van der Waals surface area contributed by atoms with Crippen LogP contribution in [0.4, 0.5) is 5.69 Å². The van der Waals surface area contributed by atoms with Crippen LogP contribution >= 0.6 is 0 Å². The lowest BCUT2D eigenvalue weighted by Gasteiger charge is -2.30. The van der Waals surface area contributed by atoms with Gasteiger partial charge in [0.1, 0.15) is 6.04 Å². The highest BCUT2D eigenvalue weighted by Crippen LogP contribution is 2.27. The summed E-state index contributed by atoms with van der Waals surface area (Å²) in [5.41, 5.74) is 1.63. The van der Waals surface area contributed by atoms with E-state index in [1.165, 1.54) is 5.56 Å². The first-order chi connectivity index (χ1) is 9.05. The van der Waals surface area contributed by atoms with Gasteiger partial charge in [-0.3, -0.25) is 4.79 Å². The molecular weight excluding hydrogens is 240 g/mol. The zero-order valence-electron chi connectivity index (χ0n) is 11.2. The molecule has 2 atom stereocenters. The fourth-order valence-corrected chi connectivity index (χ4v) is 2.98. The van der Waals surface area contributed by atoms with Gasteiger partial charge in [0.15, 0.2) is 0 Å². The second-order valence-corrected chi connectivity index (χ2v) is 5.90. The number of carbonyl (C=O) groups excluding carboxylic acids is 1. The summed E-state index contributed by atoms with van der Waals surface area (Å²) in [6.07, 6.45) is 2.43. The van der Waals surface area contributed by atoms with Crippen LogP contribution in [0.25, 0.3) is 0 Å². The van der Waals surface area contributed by atoms with Crippen LogP contribution in [0, 0.1) is 0 Å². The van der Waals surface area contributed by atoms with Crippen molar-refractivity contribution >= 4 is 11.6 Å². The minimum Gasteiger partial charge on any atom is -0.388 e. The molecule has 2 heterocycles. The van der Waals surface area contributed by atoms with Gasteiger partial charge in [0, 0.05) is 18.8 Å². The van der Waals surface area contributed by atoms with Gasteiger partial charge in [-0.2, -0.15) is 0 Å². The van der Waals surface area contributed by atoms with E-state index in [4.69, 9.17) is 0 Å². The van der Waals surface area contributed by atoms with E-state index in [0.717, 1.165) is 18.5 Å². The van der Waals surface area contributed by atoms with Crippen LogP contribution in [0.3, 0.4) is 0 Å². The number of hydrogen-bond donors (Lipinski definition) is 2. The Morgan fingerprint density at radius 2 is 2.26 bits per heavy atom. The molecule has 3 rings (SSSR count). The number of hydrogen-bond acceptors (Lipinski definition) is 3. The van der Waals surface area contributed by atoms with Crippen molar-refractivity contribution in [1.29, 1.82) is 0 Å². The molecule has 4 nitrogen and oxygen atoms in total. The molecule has 1 saturated heterocycles. The molecule has 4 heteroatoms. The van der Waals surface area contributed by atoms with E-state index in [0.29, 0.717) is 19.5 Å². The number of carbonyl (C=O) groups is 1. The van der Waals surface area contributed by atoms with E-state index >= 15 is 0 Å². The Bertz CT molecular complexity index is 499. The van der Waals surface area contributed by atoms with Crippen molar-refractivity contribution in [3.63, 3.8) is 0 Å². The van der Waals surface area contributed by atoms with Crippen molar-refractivity contribution in [3.05, 3.63) is 29.8 Å². The SMILES string of the molecule is CC1(O)CCN(C(=O)C2CCc3ccccc3N2)C1. The summed E-state index contributed by atoms with van der Waals surface area (Å²) in [6, 6.07) is 7.99. The third-order valence-corrected chi connectivity index (χ3v) is 4.11. The fourth-order valence-electron chi connectivity index (χ4n) is 2.98. The Hall–Kier alpha value is -1.55. The van der Waals surface area contributed by atoms with Crippen molar-refractivity contribution in [2.75, 3.05) is 18.4 Å². The molecule has 2 aliphatic rings. The molecule has 0 radical (unpaired) electrons. The predicted molar refractivity (Wildman–Crippen MR) is 74.0 cm³/mol. The molecule has 0 aliphatic carbocycles. The van der Waals surface area contributed by atoms with Gasteiger partial charge < -0.3 is 15.3 Å². The minimum atomic E-state index is -0.720. The normalized spacial score (nSPS) is 29.8. The molecule has 2 aliphatic heterocycles. The number of fused-ring (bicyclic) bond motifs is 1. The predicted octanol–water partition coefficient (Wildman–Crippen LogP) is 1.40. The molecule has 1 fully saturated rings. The first-order valence-electron chi connectivity index (χ1n) is 6.91. The Kier molecular flexibility index (Phi) is 2.97. The number of rotatable bonds is 1. The lowest BCUT2D eigenvalue weighted by molar-refractivity contribution is -0.132. The van der Waals surface area contributed by atoms with Gasteiger partial charge >= 0.3 is 0 Å². The standard InChI is InChI=1S/C15H20N2O2/c1-15(19)8-9-17(10-15)14(18)13-7-6-11-4-2-3-5-12(11)16-13/h2-5,13,16,19H,6-10H2,1H3. The second-order valence-electron chi connectivity index (χ2n) is 5.90. The first-order valence-corrected chi connectivity index (χ1v) is 6.91. The zero-order chi connectivity index (χ0) is 13.5. The summed E-state index contributed by atoms with van der Waals surface area (Å²) in [6.45, 7) is 2.90. The number of β-amino-alcohol motifs (C(OH)–C–C–N with tert-alkyl or cyclic N) is 1. The van der Waals surface area contributed by atoms with Crippen LogP contribution in [0.5, 0.6) is 0 Å². The van der Waals surface area contributed by atoms with Crippen LogP contribution in [-0.2, 0) is 11.2 Å². The number of para-hydroxylation sites is 1. The van der Waals surface area contributed by atoms with Gasteiger partial charge in [0.05, 0.1) is 5.60 Å². The van der Waals surface area contributed by atoms with Gasteiger partial charge in [-0.25, -0.2) is 0 Å². The molecule has 0 aromatic heterocycles. The quantitative estimate of drug-likeness (QED) is 0.802. The highest BCUT2D eigenvalue weighted by atomic mass is 16.3. The third-order valence-electron chi connectivity index (χ3n) is 4.11. The number of aryl methyl sites for hydroxylation is 1. The molecule has 19 heavy (non-hydrogen) atoms. The van der Waals surface area contributed by atoms with E-state index in [1.54, 1.807) is 11.8 Å². The summed E-state index contributed by atoms with van der Waals surface area (Å²) < 4.78 is 0. The number of nitrogens with zero attached hydrogens (tertiary/aromatic N) is 1. The van der Waals surface area contributed by atoms with Crippen LogP contribution in [-0.4, -0.2) is 40.6 Å². The molecule has 2 unspecified atom stereocenters. The zero-order valence-corrected chi connectivity index (χ0v) is 11.2. The van der Waals surface area contributed by atoms with Crippen molar-refractivity contribution in [2.24, 2.45) is 0 Å². The summed E-state index contributed by atoms with van der Waals surface area (Å²) in [5, 5.41) is 13.3. The number of amides is 1. The minimum absolute atomic E-state index is 0.118. The molecule has 102 valence electrons. The fraction of sp³-hybridized carbons (Fsp3) is 0.533. The van der Waals surface area contributed by atoms with Crippen molar-refractivity contribution in [3.8, 4) is 0 Å². The summed E-state index contributed by atoms with van der Waals surface area (Å²) in [7, 11) is 0. The number of nitrogens with one attached hydrogen (secondary N) is 1. The van der Waals surface area contributed by atoms with Gasteiger partial charge in [0.25, 0.3) is 0 Å². The number of likely N-dealkylation sites (tertiary alicyclic amines) is 1. The lowest BCUT2D eigenvalue weighted by Crippen LogP contribution is -2.44. The van der Waals surface area contributed by atoms with Crippen LogP contribution in [0.2, 0.25) is 0 Å². The Morgan fingerprint density at radius 1 is 1.47 bits per heavy atom. The van der Waals surface area contributed by atoms with E-state index < -0.39 is 5.60 Å². The topological polar surface area (TPSA) is 52.6 Å². The molecule has 0 saturated carbocycles. The molecular formula is C15H20N2O2. The molecule has 2 N–H and O–H groups in total. The van der Waals surface area contributed by atoms with Gasteiger partial charge in [-0.1, -0.05) is 18.2 Å². The van der Waals surface area contributed by atoms with E-state index in [2.05, 4.69) is 11.4 Å². The Labute approximate surface area is 113 Å². The maximum atomic E-state index is 12.5. The maximum absolute atomic E-state index is 12.5. The van der Waals surface area contributed by atoms with Gasteiger partial charge in [0.2, 0.25) is 5.91 Å². The molecule has 0 spiro atoms. The monoisotopic (exact) mass is 260 g/mol. The third kappa shape index (κ3) is 2.45. The number of anilines is 1. The van der Waals surface area contributed by atoms with E-state index in [1.807, 2.05) is 18.2 Å². The van der Waals surface area contributed by atoms with Gasteiger partial charge in [-0.05, 0) is 37.8 Å². The van der Waals surface area contributed by atoms with Crippen LogP contribution < -0.4 is 5.32 Å². The molecule has 1 amide bonds. The Morgan fingerprint density at radius 3 is 3.00 bits per heavy atom. The summed E-state index contributed by atoms with van der Waals surface area (Å²) in [5.74, 6) is 0.118. The second kappa shape index (κ2) is 4.53. The maximum Gasteiger partial charge on any atom is 0.245 e. The highest BCUT2D eigenvalue weighted by Gasteiger charge is 2.37. The average molecular weight is 260 g/mol. The smallest absolute Gasteiger partial charge is 0.245 e. The van der Waals surface area contributed by atoms with Crippen LogP contribution in [0.15, 0.2) is 24.3 Å². The first kappa shape index (κ1) is 12.5. The molecule has 0 bridgehead atoms. The van der Waals surface area contributed by atoms with E-state index in [-0.39, 0.29) is 11.9 Å². The number of benzene rings is 1.